The van der Waals surface area contributed by atoms with Gasteiger partial charge < -0.3 is 4.42 Å². The van der Waals surface area contributed by atoms with Crippen molar-refractivity contribution in [2.45, 2.75) is 57.8 Å². The van der Waals surface area contributed by atoms with Gasteiger partial charge in [0.15, 0.2) is 6.20 Å². The quantitative estimate of drug-likeness (QED) is 0.234. The number of nitrogens with zero attached hydrogens (tertiary/aromatic N) is 2. The van der Waals surface area contributed by atoms with Crippen molar-refractivity contribution < 1.29 is 8.98 Å². The number of hydrogen-bond donors (Lipinski definition) is 0. The number of furan rings is 1. The molecule has 3 heteroatoms. The fourth-order valence-corrected chi connectivity index (χ4v) is 7.34. The van der Waals surface area contributed by atoms with Gasteiger partial charge in [0.25, 0.3) is 0 Å². The number of pyridine rings is 1. The molecule has 0 bridgehead atoms. The van der Waals surface area contributed by atoms with Gasteiger partial charge in [-0.25, -0.2) is 4.57 Å². The number of benzene rings is 3. The summed E-state index contributed by atoms with van der Waals surface area (Å²) in [6.45, 7) is 2.14. The zero-order chi connectivity index (χ0) is 25.8. The van der Waals surface area contributed by atoms with Crippen LogP contribution in [0.25, 0.3) is 44.3 Å². The zero-order valence-electron chi connectivity index (χ0n) is 22.3. The second-order valence-corrected chi connectivity index (χ2v) is 11.4. The summed E-state index contributed by atoms with van der Waals surface area (Å²) >= 11 is 0. The molecule has 188 valence electrons. The van der Waals surface area contributed by atoms with Crippen LogP contribution in [0.2, 0.25) is 0 Å². The molecule has 3 aromatic carbocycles. The Morgan fingerprint density at radius 2 is 1.66 bits per heavy atom. The van der Waals surface area contributed by atoms with E-state index in [0.29, 0.717) is 11.5 Å². The number of rotatable bonds is 3. The standard InChI is InChI=1S/C35H33N2O/c1-22-13-16-29-30-18-15-26(21-36)33(35(30)38-34(29)32(22)31-12-5-6-19-37(31)2)25-14-17-28-24(20-25)10-7-11-27(28)23-8-3-4-9-23/h5-6,12-20,23,27H,3-4,7-11H2,1-2H3/q+1. The largest absolute Gasteiger partial charge is 0.454 e. The predicted octanol–water partition coefficient (Wildman–Crippen LogP) is 8.53. The Bertz CT molecular complexity index is 1750. The van der Waals surface area contributed by atoms with E-state index >= 15 is 0 Å². The average Bonchev–Trinajstić information content (AvgIpc) is 3.61. The molecule has 0 N–H and O–H groups in total. The van der Waals surface area contributed by atoms with Crippen LogP contribution in [0.4, 0.5) is 0 Å². The van der Waals surface area contributed by atoms with E-state index in [9.17, 15) is 5.26 Å². The fraction of sp³-hybridized carbons (Fsp3) is 0.314. The molecule has 0 saturated heterocycles. The summed E-state index contributed by atoms with van der Waals surface area (Å²) in [7, 11) is 2.07. The van der Waals surface area contributed by atoms with Gasteiger partial charge in [-0.05, 0) is 91.3 Å². The minimum atomic E-state index is 0.670. The molecule has 38 heavy (non-hydrogen) atoms. The van der Waals surface area contributed by atoms with Crippen LogP contribution in [0.1, 0.15) is 66.7 Å². The van der Waals surface area contributed by atoms with Gasteiger partial charge in [0.05, 0.1) is 17.2 Å². The van der Waals surface area contributed by atoms with Crippen LogP contribution >= 0.6 is 0 Å². The SMILES string of the molecule is Cc1ccc2c(oc3c(-c4ccc5c(c4)CCCC5C4CCCC4)c(C#N)ccc32)c1-c1cccc[n+]1C. The van der Waals surface area contributed by atoms with Gasteiger partial charge in [-0.3, -0.25) is 0 Å². The minimum absolute atomic E-state index is 0.670. The summed E-state index contributed by atoms with van der Waals surface area (Å²) in [6.07, 6.45) is 11.3. The number of fused-ring (bicyclic) bond motifs is 4. The highest BCUT2D eigenvalue weighted by molar-refractivity contribution is 6.14. The molecule has 1 fully saturated rings. The second kappa shape index (κ2) is 9.14. The topological polar surface area (TPSA) is 40.8 Å². The van der Waals surface area contributed by atoms with E-state index in [1.54, 1.807) is 5.56 Å². The molecule has 2 aromatic heterocycles. The summed E-state index contributed by atoms with van der Waals surface area (Å²) in [5, 5.41) is 12.3. The first-order chi connectivity index (χ1) is 18.6. The maximum atomic E-state index is 10.2. The lowest BCUT2D eigenvalue weighted by atomic mass is 9.74. The van der Waals surface area contributed by atoms with Gasteiger partial charge >= 0.3 is 0 Å². The third kappa shape index (κ3) is 3.58. The van der Waals surface area contributed by atoms with Crippen molar-refractivity contribution in [3.05, 3.63) is 89.1 Å². The van der Waals surface area contributed by atoms with E-state index < -0.39 is 0 Å². The van der Waals surface area contributed by atoms with Crippen molar-refractivity contribution in [1.82, 2.24) is 0 Å². The van der Waals surface area contributed by atoms with Crippen LogP contribution in [0, 0.1) is 24.2 Å². The van der Waals surface area contributed by atoms with Gasteiger partial charge in [-0.15, -0.1) is 0 Å². The summed E-state index contributed by atoms with van der Waals surface area (Å²) in [5.74, 6) is 1.54. The summed E-state index contributed by atoms with van der Waals surface area (Å²) < 4.78 is 8.92. The molecule has 0 aliphatic heterocycles. The van der Waals surface area contributed by atoms with Gasteiger partial charge in [0, 0.05) is 28.5 Å². The van der Waals surface area contributed by atoms with Crippen molar-refractivity contribution >= 4 is 21.9 Å². The molecule has 1 atom stereocenters. The van der Waals surface area contributed by atoms with Crippen molar-refractivity contribution in [2.75, 3.05) is 0 Å². The van der Waals surface area contributed by atoms with Gasteiger partial charge in [0.1, 0.15) is 18.2 Å². The maximum absolute atomic E-state index is 10.2. The Labute approximate surface area is 224 Å². The molecule has 2 aliphatic rings. The van der Waals surface area contributed by atoms with Crippen molar-refractivity contribution in [2.24, 2.45) is 13.0 Å². The summed E-state index contributed by atoms with van der Waals surface area (Å²) in [4.78, 5) is 0. The van der Waals surface area contributed by atoms with Crippen LogP contribution in [0.3, 0.4) is 0 Å². The average molecular weight is 498 g/mol. The molecule has 2 aliphatic carbocycles. The van der Waals surface area contributed by atoms with Gasteiger partial charge in [0.2, 0.25) is 5.69 Å². The van der Waals surface area contributed by atoms with Crippen LogP contribution in [-0.4, -0.2) is 0 Å². The molecular weight excluding hydrogens is 464 g/mol. The second-order valence-electron chi connectivity index (χ2n) is 11.4. The molecule has 0 amide bonds. The third-order valence-electron chi connectivity index (χ3n) is 9.21. The highest BCUT2D eigenvalue weighted by Crippen LogP contribution is 2.46. The van der Waals surface area contributed by atoms with Crippen LogP contribution in [0.15, 0.2) is 71.3 Å². The number of aryl methyl sites for hydroxylation is 3. The lowest BCUT2D eigenvalue weighted by Crippen LogP contribution is -2.30. The first kappa shape index (κ1) is 23.2. The number of aromatic nitrogens is 1. The smallest absolute Gasteiger partial charge is 0.216 e. The van der Waals surface area contributed by atoms with Gasteiger partial charge in [-0.1, -0.05) is 43.2 Å². The fourth-order valence-electron chi connectivity index (χ4n) is 7.34. The molecule has 1 saturated carbocycles. The van der Waals surface area contributed by atoms with Crippen molar-refractivity contribution in [1.29, 1.82) is 5.26 Å². The predicted molar refractivity (Wildman–Crippen MR) is 153 cm³/mol. The van der Waals surface area contributed by atoms with Crippen LogP contribution < -0.4 is 4.57 Å². The Kier molecular flexibility index (Phi) is 5.59. The minimum Gasteiger partial charge on any atom is -0.454 e. The molecule has 2 heterocycles. The Morgan fingerprint density at radius 3 is 2.45 bits per heavy atom. The zero-order valence-corrected chi connectivity index (χ0v) is 22.3. The molecular formula is C35H33N2O+. The van der Waals surface area contributed by atoms with Crippen molar-refractivity contribution in [3.63, 3.8) is 0 Å². The Balaban J connectivity index is 1.44. The molecule has 7 rings (SSSR count). The lowest BCUT2D eigenvalue weighted by Gasteiger charge is -2.30. The molecule has 0 radical (unpaired) electrons. The maximum Gasteiger partial charge on any atom is 0.216 e. The van der Waals surface area contributed by atoms with E-state index in [1.165, 1.54) is 49.7 Å². The van der Waals surface area contributed by atoms with E-state index in [1.807, 2.05) is 12.1 Å². The van der Waals surface area contributed by atoms with Crippen LogP contribution in [0.5, 0.6) is 0 Å². The first-order valence-corrected chi connectivity index (χ1v) is 14.1. The van der Waals surface area contributed by atoms with E-state index in [2.05, 4.69) is 79.3 Å². The van der Waals surface area contributed by atoms with Crippen LogP contribution in [-0.2, 0) is 13.5 Å². The van der Waals surface area contributed by atoms with E-state index in [0.717, 1.165) is 56.7 Å². The molecule has 1 unspecified atom stereocenters. The third-order valence-corrected chi connectivity index (χ3v) is 9.21. The first-order valence-electron chi connectivity index (χ1n) is 14.1. The molecule has 3 nitrogen and oxygen atoms in total. The van der Waals surface area contributed by atoms with E-state index in [4.69, 9.17) is 4.42 Å². The van der Waals surface area contributed by atoms with E-state index in [-0.39, 0.29) is 0 Å². The highest BCUT2D eigenvalue weighted by atomic mass is 16.3. The summed E-state index contributed by atoms with van der Waals surface area (Å²) in [6, 6.07) is 24.1. The number of nitriles is 1. The Hall–Kier alpha value is -3.90. The highest BCUT2D eigenvalue weighted by Gasteiger charge is 2.30. The normalized spacial score (nSPS) is 17.7. The van der Waals surface area contributed by atoms with Crippen molar-refractivity contribution in [3.8, 4) is 28.5 Å². The summed E-state index contributed by atoms with van der Waals surface area (Å²) in [5.41, 5.74) is 10.8. The molecule has 0 spiro atoms. The number of hydrogen-bond acceptors (Lipinski definition) is 2. The molecule has 5 aromatic rings. The lowest BCUT2D eigenvalue weighted by molar-refractivity contribution is -0.660. The Morgan fingerprint density at radius 1 is 0.868 bits per heavy atom. The monoisotopic (exact) mass is 497 g/mol. The van der Waals surface area contributed by atoms with Gasteiger partial charge in [-0.2, -0.15) is 5.26 Å².